The van der Waals surface area contributed by atoms with E-state index in [9.17, 15) is 9.59 Å². The molecule has 0 amide bonds. The quantitative estimate of drug-likeness (QED) is 0.675. The molecule has 3 rings (SSSR count). The Labute approximate surface area is 149 Å². The fraction of sp³-hybridized carbons (Fsp3) is 0.200. The summed E-state index contributed by atoms with van der Waals surface area (Å²) in [6.45, 7) is 4.06. The number of ether oxygens (including phenoxy) is 2. The Bertz CT molecular complexity index is 915. The summed E-state index contributed by atoms with van der Waals surface area (Å²) in [5.41, 5.74) is 1.04. The normalized spacial score (nSPS) is 10.5. The highest BCUT2D eigenvalue weighted by Gasteiger charge is 2.03. The Hall–Kier alpha value is -3.28. The third-order valence-corrected chi connectivity index (χ3v) is 3.57. The zero-order valence-electron chi connectivity index (χ0n) is 14.5. The number of benzene rings is 1. The minimum atomic E-state index is -0.433. The minimum absolute atomic E-state index is 0.336. The van der Waals surface area contributed by atoms with Crippen LogP contribution >= 0.6 is 0 Å². The van der Waals surface area contributed by atoms with Gasteiger partial charge in [0.25, 0.3) is 0 Å². The zero-order valence-corrected chi connectivity index (χ0v) is 14.5. The first-order valence-electron chi connectivity index (χ1n) is 8.05. The molecular formula is C20H18O6. The third kappa shape index (κ3) is 4.86. The Morgan fingerprint density at radius 1 is 0.692 bits per heavy atom. The predicted molar refractivity (Wildman–Crippen MR) is 94.5 cm³/mol. The monoisotopic (exact) mass is 354 g/mol. The van der Waals surface area contributed by atoms with E-state index in [1.807, 2.05) is 24.3 Å². The summed E-state index contributed by atoms with van der Waals surface area (Å²) < 4.78 is 21.0. The smallest absolute Gasteiger partial charge is 0.339 e. The van der Waals surface area contributed by atoms with Crippen LogP contribution in [0, 0.1) is 13.8 Å². The van der Waals surface area contributed by atoms with Crippen LogP contribution in [0.2, 0.25) is 0 Å². The topological polar surface area (TPSA) is 78.9 Å². The minimum Gasteiger partial charge on any atom is -0.489 e. The van der Waals surface area contributed by atoms with E-state index in [0.29, 0.717) is 36.2 Å². The third-order valence-electron chi connectivity index (χ3n) is 3.57. The highest BCUT2D eigenvalue weighted by molar-refractivity contribution is 5.25. The van der Waals surface area contributed by atoms with Gasteiger partial charge in [0.1, 0.15) is 36.2 Å². The van der Waals surface area contributed by atoms with Gasteiger partial charge in [-0.15, -0.1) is 0 Å². The summed E-state index contributed by atoms with van der Waals surface area (Å²) in [6.07, 6.45) is 0. The van der Waals surface area contributed by atoms with Crippen LogP contribution in [0.25, 0.3) is 0 Å². The summed E-state index contributed by atoms with van der Waals surface area (Å²) in [6, 6.07) is 13.6. The van der Waals surface area contributed by atoms with E-state index in [1.165, 1.54) is 12.1 Å². The van der Waals surface area contributed by atoms with Gasteiger partial charge in [0.15, 0.2) is 0 Å². The Morgan fingerprint density at radius 2 is 1.08 bits per heavy atom. The van der Waals surface area contributed by atoms with Crippen LogP contribution in [0.5, 0.6) is 11.5 Å². The van der Waals surface area contributed by atoms with Gasteiger partial charge in [0.2, 0.25) is 0 Å². The first-order chi connectivity index (χ1) is 12.5. The van der Waals surface area contributed by atoms with Crippen LogP contribution in [0.15, 0.2) is 67.0 Å². The fourth-order valence-corrected chi connectivity index (χ4v) is 2.38. The predicted octanol–water partition coefficient (Wildman–Crippen LogP) is 3.37. The van der Waals surface area contributed by atoms with E-state index in [1.54, 1.807) is 26.0 Å². The van der Waals surface area contributed by atoms with Gasteiger partial charge in [-0.3, -0.25) is 0 Å². The van der Waals surface area contributed by atoms with Crippen molar-refractivity contribution in [2.75, 3.05) is 0 Å². The standard InChI is InChI=1S/C20H18O6/c1-13-7-17(9-19(21)25-13)23-11-15-3-5-16(6-4-15)12-24-18-8-14(2)26-20(22)10-18/h3-10H,11-12H2,1-2H3. The van der Waals surface area contributed by atoms with Crippen LogP contribution < -0.4 is 20.7 Å². The second kappa shape index (κ2) is 7.74. The van der Waals surface area contributed by atoms with E-state index < -0.39 is 11.3 Å². The average molecular weight is 354 g/mol. The molecule has 0 aliphatic rings. The van der Waals surface area contributed by atoms with Crippen molar-refractivity contribution >= 4 is 0 Å². The van der Waals surface area contributed by atoms with Gasteiger partial charge in [-0.25, -0.2) is 9.59 Å². The van der Waals surface area contributed by atoms with Crippen molar-refractivity contribution in [2.24, 2.45) is 0 Å². The molecule has 0 unspecified atom stereocenters. The van der Waals surface area contributed by atoms with Crippen molar-refractivity contribution in [2.45, 2.75) is 27.1 Å². The molecule has 0 spiro atoms. The van der Waals surface area contributed by atoms with Crippen molar-refractivity contribution in [3.8, 4) is 11.5 Å². The fourth-order valence-electron chi connectivity index (χ4n) is 2.38. The van der Waals surface area contributed by atoms with E-state index in [0.717, 1.165) is 11.1 Å². The van der Waals surface area contributed by atoms with Crippen LogP contribution in [0.3, 0.4) is 0 Å². The van der Waals surface area contributed by atoms with Crippen LogP contribution in [-0.2, 0) is 13.2 Å². The van der Waals surface area contributed by atoms with E-state index in [2.05, 4.69) is 0 Å². The molecule has 0 saturated carbocycles. The Morgan fingerprint density at radius 3 is 1.42 bits per heavy atom. The molecule has 134 valence electrons. The van der Waals surface area contributed by atoms with Crippen LogP contribution in [0.4, 0.5) is 0 Å². The molecule has 0 aliphatic carbocycles. The number of hydrogen-bond acceptors (Lipinski definition) is 6. The molecule has 0 atom stereocenters. The molecule has 0 radical (unpaired) electrons. The van der Waals surface area contributed by atoms with Gasteiger partial charge >= 0.3 is 11.3 Å². The molecule has 0 N–H and O–H groups in total. The van der Waals surface area contributed by atoms with Crippen molar-refractivity contribution in [3.63, 3.8) is 0 Å². The molecule has 0 aliphatic heterocycles. The summed E-state index contributed by atoms with van der Waals surface area (Å²) in [4.78, 5) is 22.6. The molecule has 6 heteroatoms. The van der Waals surface area contributed by atoms with E-state index in [4.69, 9.17) is 18.3 Å². The molecule has 6 nitrogen and oxygen atoms in total. The molecular weight excluding hydrogens is 336 g/mol. The Balaban J connectivity index is 1.57. The van der Waals surface area contributed by atoms with E-state index >= 15 is 0 Å². The summed E-state index contributed by atoms with van der Waals surface area (Å²) in [5.74, 6) is 1.96. The molecule has 0 fully saturated rings. The lowest BCUT2D eigenvalue weighted by atomic mass is 10.1. The number of hydrogen-bond donors (Lipinski definition) is 0. The van der Waals surface area contributed by atoms with Crippen molar-refractivity contribution in [1.82, 2.24) is 0 Å². The van der Waals surface area contributed by atoms with Crippen molar-refractivity contribution in [3.05, 3.63) is 92.0 Å². The van der Waals surface area contributed by atoms with Crippen LogP contribution in [-0.4, -0.2) is 0 Å². The highest BCUT2D eigenvalue weighted by Crippen LogP contribution is 2.15. The largest absolute Gasteiger partial charge is 0.489 e. The zero-order chi connectivity index (χ0) is 18.5. The lowest BCUT2D eigenvalue weighted by Crippen LogP contribution is -2.03. The first-order valence-corrected chi connectivity index (χ1v) is 8.05. The maximum atomic E-state index is 11.3. The number of rotatable bonds is 6. The molecule has 26 heavy (non-hydrogen) atoms. The first kappa shape index (κ1) is 17.5. The second-order valence-corrected chi connectivity index (χ2v) is 5.84. The van der Waals surface area contributed by atoms with E-state index in [-0.39, 0.29) is 0 Å². The maximum Gasteiger partial charge on any atom is 0.339 e. The Kier molecular flexibility index (Phi) is 5.22. The lowest BCUT2D eigenvalue weighted by Gasteiger charge is -2.08. The summed E-state index contributed by atoms with van der Waals surface area (Å²) in [5, 5.41) is 0. The van der Waals surface area contributed by atoms with Gasteiger partial charge in [-0.2, -0.15) is 0 Å². The molecule has 3 aromatic rings. The SMILES string of the molecule is Cc1cc(OCc2ccc(COc3cc(C)oc(=O)c3)cc2)cc(=O)o1. The molecule has 1 aromatic carbocycles. The van der Waals surface area contributed by atoms with Crippen molar-refractivity contribution < 1.29 is 18.3 Å². The average Bonchev–Trinajstić information content (AvgIpc) is 2.57. The maximum absolute atomic E-state index is 11.3. The molecule has 2 aromatic heterocycles. The van der Waals surface area contributed by atoms with Gasteiger partial charge < -0.3 is 18.3 Å². The van der Waals surface area contributed by atoms with Gasteiger partial charge in [0, 0.05) is 12.1 Å². The second-order valence-electron chi connectivity index (χ2n) is 5.84. The molecule has 0 saturated heterocycles. The van der Waals surface area contributed by atoms with Gasteiger partial charge in [-0.1, -0.05) is 24.3 Å². The summed E-state index contributed by atoms with van der Waals surface area (Å²) >= 11 is 0. The molecule has 0 bridgehead atoms. The molecule has 2 heterocycles. The number of aryl methyl sites for hydroxylation is 2. The lowest BCUT2D eigenvalue weighted by molar-refractivity contribution is 0.297. The van der Waals surface area contributed by atoms with Crippen LogP contribution in [0.1, 0.15) is 22.6 Å². The van der Waals surface area contributed by atoms with Gasteiger partial charge in [0.05, 0.1) is 12.1 Å². The highest BCUT2D eigenvalue weighted by atomic mass is 16.5. The summed E-state index contributed by atoms with van der Waals surface area (Å²) in [7, 11) is 0. The van der Waals surface area contributed by atoms with Crippen molar-refractivity contribution in [1.29, 1.82) is 0 Å². The van der Waals surface area contributed by atoms with Gasteiger partial charge in [-0.05, 0) is 25.0 Å².